The number of amides is 2. The Morgan fingerprint density at radius 3 is 2.32 bits per heavy atom. The Morgan fingerprint density at radius 1 is 0.951 bits per heavy atom. The molecule has 1 unspecified atom stereocenters. The minimum Gasteiger partial charge on any atom is -0.480 e. The quantitative estimate of drug-likeness (QED) is 0.230. The van der Waals surface area contributed by atoms with E-state index in [1.54, 1.807) is 49.4 Å². The summed E-state index contributed by atoms with van der Waals surface area (Å²) in [6.45, 7) is 1.58. The predicted molar refractivity (Wildman–Crippen MR) is 159 cm³/mol. The first-order valence-electron chi connectivity index (χ1n) is 12.8. The predicted octanol–water partition coefficient (Wildman–Crippen LogP) is 6.09. The van der Waals surface area contributed by atoms with Crippen LogP contribution in [0.4, 0.5) is 5.69 Å². The fraction of sp³-hybridized carbons (Fsp3) is 0.161. The molecule has 2 amide bonds. The van der Waals surface area contributed by atoms with Gasteiger partial charge in [0.05, 0.1) is 21.3 Å². The molecule has 0 bridgehead atoms. The summed E-state index contributed by atoms with van der Waals surface area (Å²) in [6.07, 6.45) is 0.202. The van der Waals surface area contributed by atoms with Gasteiger partial charge in [0.1, 0.15) is 6.04 Å². The molecule has 41 heavy (non-hydrogen) atoms. The number of nitrogens with zero attached hydrogens (tertiary/aromatic N) is 1. The number of anilines is 1. The van der Waals surface area contributed by atoms with E-state index in [9.17, 15) is 19.5 Å². The van der Waals surface area contributed by atoms with Gasteiger partial charge in [0.15, 0.2) is 0 Å². The summed E-state index contributed by atoms with van der Waals surface area (Å²) in [5.74, 6) is -2.24. The lowest BCUT2D eigenvalue weighted by atomic mass is 9.93. The van der Waals surface area contributed by atoms with Crippen LogP contribution in [0, 0.1) is 0 Å². The maximum atomic E-state index is 13.2. The van der Waals surface area contributed by atoms with Crippen molar-refractivity contribution in [2.45, 2.75) is 31.4 Å². The summed E-state index contributed by atoms with van der Waals surface area (Å²) >= 11 is 12.2. The topological polar surface area (TPSA) is 117 Å². The van der Waals surface area contributed by atoms with Crippen molar-refractivity contribution in [3.05, 3.63) is 112 Å². The number of hydrogen-bond acceptors (Lipinski definition) is 5. The number of benzene rings is 4. The van der Waals surface area contributed by atoms with Crippen molar-refractivity contribution in [1.29, 1.82) is 0 Å². The average Bonchev–Trinajstić information content (AvgIpc) is 3.36. The average molecular weight is 590 g/mol. The number of oxime groups is 1. The van der Waals surface area contributed by atoms with E-state index >= 15 is 0 Å². The fourth-order valence-corrected chi connectivity index (χ4v) is 5.13. The second-order valence-electron chi connectivity index (χ2n) is 9.91. The molecule has 2 atom stereocenters. The second-order valence-corrected chi connectivity index (χ2v) is 10.7. The van der Waals surface area contributed by atoms with Crippen LogP contribution in [-0.4, -0.2) is 40.2 Å². The number of rotatable bonds is 8. The summed E-state index contributed by atoms with van der Waals surface area (Å²) in [5.41, 5.74) is 1.34. The number of aliphatic carboxylic acids is 1. The van der Waals surface area contributed by atoms with E-state index in [1.807, 2.05) is 42.5 Å². The van der Waals surface area contributed by atoms with Crippen LogP contribution < -0.4 is 10.6 Å². The van der Waals surface area contributed by atoms with Crippen LogP contribution in [0.25, 0.3) is 10.8 Å². The molecule has 0 aromatic heterocycles. The Morgan fingerprint density at radius 2 is 1.63 bits per heavy atom. The van der Waals surface area contributed by atoms with Crippen molar-refractivity contribution in [2.24, 2.45) is 5.16 Å². The van der Waals surface area contributed by atoms with Gasteiger partial charge in [-0.2, -0.15) is 0 Å². The van der Waals surface area contributed by atoms with Gasteiger partial charge in [-0.15, -0.1) is 0 Å². The molecule has 0 saturated heterocycles. The molecule has 1 aliphatic rings. The summed E-state index contributed by atoms with van der Waals surface area (Å²) in [4.78, 5) is 43.4. The van der Waals surface area contributed by atoms with Gasteiger partial charge >= 0.3 is 5.97 Å². The van der Waals surface area contributed by atoms with Crippen LogP contribution in [0.15, 0.2) is 90.1 Å². The molecular weight excluding hydrogens is 565 g/mol. The van der Waals surface area contributed by atoms with Crippen molar-refractivity contribution in [2.75, 3.05) is 5.32 Å². The summed E-state index contributed by atoms with van der Waals surface area (Å²) < 4.78 is 0. The molecule has 3 N–H and O–H groups in total. The van der Waals surface area contributed by atoms with Crippen LogP contribution in [0.3, 0.4) is 0 Å². The van der Waals surface area contributed by atoms with Gasteiger partial charge in [-0.05, 0) is 53.6 Å². The third kappa shape index (κ3) is 6.19. The molecule has 208 valence electrons. The minimum absolute atomic E-state index is 0.0140. The van der Waals surface area contributed by atoms with Crippen molar-refractivity contribution in [1.82, 2.24) is 5.32 Å². The number of carboxylic acid groups (broad SMARTS) is 1. The van der Waals surface area contributed by atoms with E-state index < -0.39 is 29.4 Å². The third-order valence-electron chi connectivity index (χ3n) is 6.87. The van der Waals surface area contributed by atoms with Gasteiger partial charge in [0, 0.05) is 24.1 Å². The Balaban J connectivity index is 1.22. The summed E-state index contributed by atoms with van der Waals surface area (Å²) in [7, 11) is 0. The highest BCUT2D eigenvalue weighted by molar-refractivity contribution is 6.40. The van der Waals surface area contributed by atoms with Crippen LogP contribution in [0.1, 0.15) is 34.8 Å². The Kier molecular flexibility index (Phi) is 7.97. The lowest BCUT2D eigenvalue weighted by molar-refractivity contribution is -0.148. The van der Waals surface area contributed by atoms with E-state index in [0.717, 1.165) is 16.3 Å². The van der Waals surface area contributed by atoms with Crippen LogP contribution >= 0.6 is 23.2 Å². The number of halogens is 2. The smallest absolute Gasteiger partial charge is 0.326 e. The number of carbonyl (C=O) groups is 3. The van der Waals surface area contributed by atoms with Crippen LogP contribution in [-0.2, 0) is 20.8 Å². The van der Waals surface area contributed by atoms with Gasteiger partial charge in [-0.1, -0.05) is 83.0 Å². The summed E-state index contributed by atoms with van der Waals surface area (Å²) in [5, 5.41) is 21.9. The molecule has 8 nitrogen and oxygen atoms in total. The molecule has 1 heterocycles. The van der Waals surface area contributed by atoms with Crippen molar-refractivity contribution in [3.63, 3.8) is 0 Å². The number of carboxylic acids is 1. The van der Waals surface area contributed by atoms with Gasteiger partial charge in [-0.3, -0.25) is 9.59 Å². The molecule has 5 rings (SSSR count). The van der Waals surface area contributed by atoms with Crippen molar-refractivity contribution in [3.8, 4) is 0 Å². The standard InChI is InChI=1S/C31H25Cl2N3O5/c1-31(17-26(36-41-31)21-12-11-19-5-2-3-6-20(19)16-21)30(40)35-25(29(38)39)15-18-9-13-22(14-10-18)34-28(37)27-23(32)7-4-8-24(27)33/h2-14,16,25H,15,17H2,1H3,(H,34,37)(H,35,40)(H,38,39)/t25-,31?/m0/s1. The first kappa shape index (κ1) is 28.1. The van der Waals surface area contributed by atoms with Gasteiger partial charge in [0.2, 0.25) is 5.60 Å². The van der Waals surface area contributed by atoms with Crippen LogP contribution in [0.5, 0.6) is 0 Å². The highest BCUT2D eigenvalue weighted by atomic mass is 35.5. The molecule has 4 aromatic carbocycles. The monoisotopic (exact) mass is 589 g/mol. The Hall–Kier alpha value is -4.40. The highest BCUT2D eigenvalue weighted by Crippen LogP contribution is 2.29. The summed E-state index contributed by atoms with van der Waals surface area (Å²) in [6, 6.07) is 24.0. The van der Waals surface area contributed by atoms with Crippen molar-refractivity contribution < 1.29 is 24.3 Å². The third-order valence-corrected chi connectivity index (χ3v) is 7.50. The maximum Gasteiger partial charge on any atom is 0.326 e. The van der Waals surface area contributed by atoms with Crippen molar-refractivity contribution >= 4 is 63.2 Å². The largest absolute Gasteiger partial charge is 0.480 e. The molecule has 10 heteroatoms. The van der Waals surface area contributed by atoms with Gasteiger partial charge < -0.3 is 20.6 Å². The zero-order chi connectivity index (χ0) is 29.1. The molecule has 1 aliphatic heterocycles. The SMILES string of the molecule is CC1(C(=O)N[C@@H](Cc2ccc(NC(=O)c3c(Cl)cccc3Cl)cc2)C(=O)O)CC(c2ccc3ccccc3c2)=NO1. The molecular formula is C31H25Cl2N3O5. The lowest BCUT2D eigenvalue weighted by Gasteiger charge is -2.23. The number of hydrogen-bond donors (Lipinski definition) is 3. The molecule has 4 aromatic rings. The maximum absolute atomic E-state index is 13.2. The highest BCUT2D eigenvalue weighted by Gasteiger charge is 2.43. The number of carbonyl (C=O) groups excluding carboxylic acids is 2. The van der Waals surface area contributed by atoms with E-state index in [-0.39, 0.29) is 28.5 Å². The number of nitrogens with one attached hydrogen (secondary N) is 2. The fourth-order valence-electron chi connectivity index (χ4n) is 4.56. The molecule has 0 aliphatic carbocycles. The molecule has 0 saturated carbocycles. The van der Waals surface area contributed by atoms with Gasteiger partial charge in [-0.25, -0.2) is 4.79 Å². The van der Waals surface area contributed by atoms with E-state index in [4.69, 9.17) is 28.0 Å². The van der Waals surface area contributed by atoms with E-state index in [1.165, 1.54) is 0 Å². The van der Waals surface area contributed by atoms with E-state index in [2.05, 4.69) is 15.8 Å². The molecule has 0 spiro atoms. The first-order chi connectivity index (χ1) is 19.6. The minimum atomic E-state index is -1.36. The van der Waals surface area contributed by atoms with Crippen LogP contribution in [0.2, 0.25) is 10.0 Å². The van der Waals surface area contributed by atoms with E-state index in [0.29, 0.717) is 17.0 Å². The lowest BCUT2D eigenvalue weighted by Crippen LogP contribution is -2.51. The zero-order valence-electron chi connectivity index (χ0n) is 21.9. The second kappa shape index (κ2) is 11.6. The first-order valence-corrected chi connectivity index (χ1v) is 13.5. The molecule has 0 radical (unpaired) electrons. The Labute approximate surface area is 245 Å². The normalized spacial score (nSPS) is 16.9. The van der Waals surface area contributed by atoms with Gasteiger partial charge in [0.25, 0.3) is 11.8 Å². The number of fused-ring (bicyclic) bond motifs is 1. The molecule has 0 fully saturated rings. The Bertz CT molecular complexity index is 1670. The zero-order valence-corrected chi connectivity index (χ0v) is 23.4.